The van der Waals surface area contributed by atoms with E-state index in [-0.39, 0.29) is 35.2 Å². The molecule has 2 aromatic heterocycles. The van der Waals surface area contributed by atoms with Gasteiger partial charge in [0.15, 0.2) is 11.3 Å². The molecule has 29 heteroatoms. The lowest BCUT2D eigenvalue weighted by Crippen LogP contribution is -2.52. The maximum absolute atomic E-state index is 14.5. The second-order valence-electron chi connectivity index (χ2n) is 16.2. The molecule has 3 aromatic rings. The van der Waals surface area contributed by atoms with Gasteiger partial charge in [0.2, 0.25) is 30.7 Å². The fraction of sp³-hybridized carbons (Fsp3) is 0.415. The average Bonchev–Trinajstić information content (AvgIpc) is 3.62. The smallest absolute Gasteiger partial charge is 0.472 e. The fourth-order valence-corrected chi connectivity index (χ4v) is 8.13. The van der Waals surface area contributed by atoms with Gasteiger partial charge in [-0.1, -0.05) is 17.3 Å². The Morgan fingerprint density at radius 2 is 1.79 bits per heavy atom. The van der Waals surface area contributed by atoms with Crippen LogP contribution in [0.3, 0.4) is 0 Å². The molecule has 0 unspecified atom stereocenters. The Hall–Kier alpha value is -7.55. The van der Waals surface area contributed by atoms with Gasteiger partial charge in [0.25, 0.3) is 11.8 Å². The minimum absolute atomic E-state index is 0.0472. The molecule has 4 atom stereocenters. The summed E-state index contributed by atoms with van der Waals surface area (Å²) in [5.74, 6) is -9.05. The highest BCUT2D eigenvalue weighted by atomic mass is 31.2. The number of carboxylic acids is 2. The number of carbonyl (C=O) groups excluding carboxylic acids is 5. The topological polar surface area (TPSA) is 345 Å². The van der Waals surface area contributed by atoms with Crippen molar-refractivity contribution in [3.05, 3.63) is 87.0 Å². The van der Waals surface area contributed by atoms with Crippen LogP contribution >= 0.6 is 7.82 Å². The van der Waals surface area contributed by atoms with Gasteiger partial charge in [-0.2, -0.15) is 0 Å². The monoisotopic (exact) mass is 1010 g/mol. The summed E-state index contributed by atoms with van der Waals surface area (Å²) in [5, 5.41) is 27.0. The van der Waals surface area contributed by atoms with Crippen LogP contribution in [0.25, 0.3) is 0 Å². The van der Waals surface area contributed by atoms with Crippen molar-refractivity contribution in [2.45, 2.75) is 76.3 Å². The number of fused-ring (bicyclic) bond motifs is 5. The van der Waals surface area contributed by atoms with Crippen LogP contribution in [0.2, 0.25) is 0 Å². The van der Waals surface area contributed by atoms with Gasteiger partial charge < -0.3 is 59.1 Å². The number of aliphatic carboxylic acids is 2. The number of hydrogen-bond donors (Lipinski definition) is 6. The summed E-state index contributed by atoms with van der Waals surface area (Å²) >= 11 is 0. The van der Waals surface area contributed by atoms with E-state index in [0.717, 1.165) is 30.3 Å². The van der Waals surface area contributed by atoms with Crippen molar-refractivity contribution in [3.63, 3.8) is 0 Å². The number of carboxylic acid groups (broad SMARTS) is 2. The Balaban J connectivity index is 1.27. The Morgan fingerprint density at radius 3 is 2.44 bits per heavy atom. The number of anilines is 1. The van der Waals surface area contributed by atoms with Crippen LogP contribution in [0.1, 0.15) is 77.5 Å². The van der Waals surface area contributed by atoms with E-state index >= 15 is 0 Å². The zero-order valence-corrected chi connectivity index (χ0v) is 38.1. The number of amides is 5. The summed E-state index contributed by atoms with van der Waals surface area (Å²) < 4.78 is 60.7. The van der Waals surface area contributed by atoms with E-state index in [9.17, 15) is 56.8 Å². The number of ether oxygens (including phenoxy) is 3. The van der Waals surface area contributed by atoms with E-state index in [4.69, 9.17) is 33.9 Å². The molecular formula is C41H45F2N8O18P. The number of oxime groups is 1. The molecule has 1 aromatic carbocycles. The minimum atomic E-state index is -5.16. The molecular weight excluding hydrogens is 961 g/mol. The first-order valence-corrected chi connectivity index (χ1v) is 22.4. The molecule has 0 aliphatic carbocycles. The Bertz CT molecular complexity index is 2740. The summed E-state index contributed by atoms with van der Waals surface area (Å²) in [6, 6.07) is 2.26. The Morgan fingerprint density at radius 1 is 1.06 bits per heavy atom. The number of carbonyl (C=O) groups is 7. The fourth-order valence-electron chi connectivity index (χ4n) is 7.94. The van der Waals surface area contributed by atoms with Gasteiger partial charge in [-0.15, -0.1) is 0 Å². The van der Waals surface area contributed by atoms with Crippen LogP contribution < -0.4 is 25.7 Å². The van der Waals surface area contributed by atoms with Gasteiger partial charge in [-0.25, -0.2) is 37.2 Å². The van der Waals surface area contributed by atoms with Crippen LogP contribution in [-0.4, -0.2) is 138 Å². The Kier molecular flexibility index (Phi) is 15.8. The zero-order chi connectivity index (χ0) is 51.2. The lowest BCUT2D eigenvalue weighted by atomic mass is 9.84. The number of rotatable bonds is 18. The van der Waals surface area contributed by atoms with Gasteiger partial charge in [0, 0.05) is 62.2 Å². The van der Waals surface area contributed by atoms with Crippen molar-refractivity contribution in [2.75, 3.05) is 38.6 Å². The maximum atomic E-state index is 14.5. The molecule has 3 aliphatic rings. The van der Waals surface area contributed by atoms with Gasteiger partial charge in [-0.05, 0) is 38.8 Å². The molecule has 1 fully saturated rings. The van der Waals surface area contributed by atoms with Crippen LogP contribution in [0, 0.1) is 11.6 Å². The molecule has 1 spiro atoms. The van der Waals surface area contributed by atoms with Crippen LogP contribution in [0.4, 0.5) is 24.2 Å². The van der Waals surface area contributed by atoms with Crippen LogP contribution in [0.15, 0.2) is 52.7 Å². The summed E-state index contributed by atoms with van der Waals surface area (Å²) in [4.78, 5) is 136. The Labute approximate surface area is 393 Å². The maximum Gasteiger partial charge on any atom is 0.472 e. The largest absolute Gasteiger partial charge is 0.481 e. The first-order chi connectivity index (χ1) is 33.0. The molecule has 1 saturated heterocycles. The van der Waals surface area contributed by atoms with Crippen LogP contribution in [0.5, 0.6) is 5.75 Å². The SMILES string of the molecule is CC1=NO[C@@]2(CC[C@H](C)N3C[C@H]2n2cc(C(=O)NCc4ccc(F)cc4F)c(=O)c(OCOC(=O)N(C)c4ncccc4CN(CC(=O)N[C@@H](CC(=O)O)C(=O)O)C(=O)OCOP(=O)(O)O)c2C3=O)C1. The van der Waals surface area contributed by atoms with Crippen molar-refractivity contribution < 1.29 is 90.5 Å². The van der Waals surface area contributed by atoms with E-state index in [0.29, 0.717) is 35.9 Å². The summed E-state index contributed by atoms with van der Waals surface area (Å²) in [6.45, 7) is -1.02. The second kappa shape index (κ2) is 21.4. The molecule has 3 aliphatic heterocycles. The predicted octanol–water partition coefficient (Wildman–Crippen LogP) is 1.82. The second-order valence-corrected chi connectivity index (χ2v) is 17.4. The van der Waals surface area contributed by atoms with Gasteiger partial charge in [-0.3, -0.25) is 33.8 Å². The number of aromatic nitrogens is 2. The average molecular weight is 1010 g/mol. The number of nitrogens with zero attached hydrogens (tertiary/aromatic N) is 6. The molecule has 0 radical (unpaired) electrons. The lowest BCUT2D eigenvalue weighted by Gasteiger charge is -2.42. The van der Waals surface area contributed by atoms with Crippen molar-refractivity contribution in [3.8, 4) is 5.75 Å². The third kappa shape index (κ3) is 12.0. The molecule has 0 saturated carbocycles. The van der Waals surface area contributed by atoms with E-state index in [2.05, 4.69) is 20.0 Å². The number of phosphoric ester groups is 1. The standard InChI is InChI=1S/C41H45F2N8O18P/c1-21-13-41(69-47-21)9-8-22(2)50-17-29(41)51-16-26(36(56)45-14-23-6-7-25(42)11-27(23)43)33(55)34(32(51)37(50)57)65-19-66-39(60)48(3)35-24(5-4-10-44-35)15-49(40(61)67-20-68-70(62,63)64)18-30(52)46-28(38(58)59)12-31(53)54/h4-7,10-11,16,22,28-29H,8-9,12-15,17-20H2,1-3H3,(H,45,56)(H,46,52)(H,53,54)(H,58,59)(H2,62,63,64)/t22-,28-,29+,41-/m0/s1. The number of nitrogens with one attached hydrogen (secondary N) is 2. The highest BCUT2D eigenvalue weighted by Gasteiger charge is 2.54. The molecule has 376 valence electrons. The minimum Gasteiger partial charge on any atom is -0.481 e. The molecule has 6 rings (SSSR count). The van der Waals surface area contributed by atoms with E-state index in [1.165, 1.54) is 27.8 Å². The first-order valence-electron chi connectivity index (χ1n) is 20.8. The molecule has 70 heavy (non-hydrogen) atoms. The highest BCUT2D eigenvalue weighted by Crippen LogP contribution is 2.46. The number of phosphoric acid groups is 1. The summed E-state index contributed by atoms with van der Waals surface area (Å²) in [7, 11) is -4.02. The lowest BCUT2D eigenvalue weighted by molar-refractivity contribution is -0.147. The number of pyridine rings is 2. The van der Waals surface area contributed by atoms with E-state index < -0.39 is 135 Å². The van der Waals surface area contributed by atoms with Gasteiger partial charge in [0.1, 0.15) is 35.6 Å². The molecule has 6 N–H and O–H groups in total. The van der Waals surface area contributed by atoms with Crippen molar-refractivity contribution in [1.29, 1.82) is 0 Å². The van der Waals surface area contributed by atoms with Crippen LogP contribution in [-0.2, 0) is 50.9 Å². The summed E-state index contributed by atoms with van der Waals surface area (Å²) in [6.07, 6.45) is -0.204. The van der Waals surface area contributed by atoms with Crippen molar-refractivity contribution in [1.82, 2.24) is 30.0 Å². The summed E-state index contributed by atoms with van der Waals surface area (Å²) in [5.41, 5.74) is -2.57. The molecule has 5 heterocycles. The van der Waals surface area contributed by atoms with Crippen molar-refractivity contribution in [2.24, 2.45) is 5.16 Å². The highest BCUT2D eigenvalue weighted by molar-refractivity contribution is 7.46. The van der Waals surface area contributed by atoms with Gasteiger partial charge >= 0.3 is 31.9 Å². The quantitative estimate of drug-likeness (QED) is 0.0782. The molecule has 2 bridgehead atoms. The van der Waals surface area contributed by atoms with Crippen molar-refractivity contribution >= 4 is 61.2 Å². The normalized spacial score (nSPS) is 18.6. The van der Waals surface area contributed by atoms with E-state index in [1.807, 2.05) is 5.32 Å². The number of halogens is 2. The van der Waals surface area contributed by atoms with Gasteiger partial charge in [0.05, 0.1) is 24.7 Å². The third-order valence-corrected chi connectivity index (χ3v) is 11.8. The predicted molar refractivity (Wildman–Crippen MR) is 230 cm³/mol. The number of benzene rings is 1. The molecule has 5 amide bonds. The molecule has 26 nitrogen and oxygen atoms in total. The zero-order valence-electron chi connectivity index (χ0n) is 37.2. The first kappa shape index (κ1) is 51.8. The number of hydrogen-bond acceptors (Lipinski definition) is 16. The third-order valence-electron chi connectivity index (χ3n) is 11.3. The van der Waals surface area contributed by atoms with E-state index in [1.54, 1.807) is 13.8 Å².